The van der Waals surface area contributed by atoms with Crippen molar-refractivity contribution in [3.8, 4) is 0 Å². The van der Waals surface area contributed by atoms with E-state index in [4.69, 9.17) is 5.11 Å². The van der Waals surface area contributed by atoms with Gasteiger partial charge in [-0.05, 0) is 39.5 Å². The fourth-order valence-corrected chi connectivity index (χ4v) is 2.83. The Morgan fingerprint density at radius 3 is 2.10 bits per heavy atom. The first-order valence-electron chi connectivity index (χ1n) is 7.71. The molecule has 0 bridgehead atoms. The van der Waals surface area contributed by atoms with Crippen molar-refractivity contribution in [3.63, 3.8) is 0 Å². The van der Waals surface area contributed by atoms with Gasteiger partial charge >= 0.3 is 5.97 Å². The van der Waals surface area contributed by atoms with Crippen molar-refractivity contribution in [1.29, 1.82) is 0 Å². The van der Waals surface area contributed by atoms with E-state index >= 15 is 0 Å². The van der Waals surface area contributed by atoms with Gasteiger partial charge in [-0.3, -0.25) is 14.4 Å². The smallest absolute Gasteiger partial charge is 0.323 e. The average molecular weight is 296 g/mol. The summed E-state index contributed by atoms with van der Waals surface area (Å²) in [5.74, 6) is -0.789. The molecule has 21 heavy (non-hydrogen) atoms. The molecule has 1 aliphatic heterocycles. The molecule has 0 atom stereocenters. The molecule has 0 aromatic carbocycles. The highest BCUT2D eigenvalue weighted by atomic mass is 16.4. The second kappa shape index (κ2) is 6.45. The molecule has 0 radical (unpaired) electrons. The van der Waals surface area contributed by atoms with Crippen molar-refractivity contribution in [2.24, 2.45) is 11.8 Å². The van der Waals surface area contributed by atoms with Crippen molar-refractivity contribution in [3.05, 3.63) is 0 Å². The number of rotatable bonds is 5. The first-order valence-corrected chi connectivity index (χ1v) is 7.71. The van der Waals surface area contributed by atoms with Crippen LogP contribution in [0.1, 0.15) is 39.5 Å². The Balaban J connectivity index is 1.88. The predicted molar refractivity (Wildman–Crippen MR) is 76.5 cm³/mol. The molecule has 0 unspecified atom stereocenters. The highest BCUT2D eigenvalue weighted by molar-refractivity contribution is 5.84. The highest BCUT2D eigenvalue weighted by Gasteiger charge is 2.37. The molecule has 1 saturated heterocycles. The molecule has 2 fully saturated rings. The SMILES string of the molecule is CC(C)N(CC(=O)O)C(=O)C1CCN(C(=O)C2CC2)CC1. The van der Waals surface area contributed by atoms with E-state index in [0.717, 1.165) is 12.8 Å². The summed E-state index contributed by atoms with van der Waals surface area (Å²) >= 11 is 0. The maximum atomic E-state index is 12.5. The zero-order valence-electron chi connectivity index (χ0n) is 12.7. The van der Waals surface area contributed by atoms with Gasteiger partial charge in [-0.2, -0.15) is 0 Å². The van der Waals surface area contributed by atoms with Crippen LogP contribution in [0, 0.1) is 11.8 Å². The van der Waals surface area contributed by atoms with E-state index in [2.05, 4.69) is 0 Å². The maximum Gasteiger partial charge on any atom is 0.323 e. The number of carbonyl (C=O) groups excluding carboxylic acids is 2. The van der Waals surface area contributed by atoms with Crippen LogP contribution in [0.4, 0.5) is 0 Å². The van der Waals surface area contributed by atoms with Crippen LogP contribution in [0.5, 0.6) is 0 Å². The van der Waals surface area contributed by atoms with Gasteiger partial charge in [-0.15, -0.1) is 0 Å². The van der Waals surface area contributed by atoms with E-state index in [-0.39, 0.29) is 36.2 Å². The first kappa shape index (κ1) is 15.8. The van der Waals surface area contributed by atoms with Gasteiger partial charge in [-0.1, -0.05) is 0 Å². The summed E-state index contributed by atoms with van der Waals surface area (Å²) < 4.78 is 0. The third-order valence-corrected chi connectivity index (χ3v) is 4.29. The van der Waals surface area contributed by atoms with Crippen molar-refractivity contribution in [2.45, 2.75) is 45.6 Å². The molecule has 1 aliphatic carbocycles. The predicted octanol–water partition coefficient (Wildman–Crippen LogP) is 0.957. The van der Waals surface area contributed by atoms with Gasteiger partial charge in [0.15, 0.2) is 0 Å². The molecular formula is C15H24N2O4. The van der Waals surface area contributed by atoms with Gasteiger partial charge in [-0.25, -0.2) is 0 Å². The highest BCUT2D eigenvalue weighted by Crippen LogP contribution is 2.32. The molecule has 2 aliphatic rings. The zero-order valence-corrected chi connectivity index (χ0v) is 12.7. The summed E-state index contributed by atoms with van der Waals surface area (Å²) in [6.07, 6.45) is 3.27. The standard InChI is InChI=1S/C15H24N2O4/c1-10(2)17(9-13(18)19)15(21)12-5-7-16(8-6-12)14(20)11-3-4-11/h10-12H,3-9H2,1-2H3,(H,18,19). The molecule has 2 rings (SSSR count). The second-order valence-electron chi connectivity index (χ2n) is 6.33. The fraction of sp³-hybridized carbons (Fsp3) is 0.800. The molecule has 1 saturated carbocycles. The lowest BCUT2D eigenvalue weighted by Crippen LogP contribution is -2.48. The van der Waals surface area contributed by atoms with Crippen molar-refractivity contribution in [1.82, 2.24) is 9.80 Å². The molecular weight excluding hydrogens is 272 g/mol. The van der Waals surface area contributed by atoms with E-state index < -0.39 is 5.97 Å². The van der Waals surface area contributed by atoms with E-state index in [9.17, 15) is 14.4 Å². The van der Waals surface area contributed by atoms with Crippen LogP contribution in [0.3, 0.4) is 0 Å². The number of likely N-dealkylation sites (tertiary alicyclic amines) is 1. The number of carbonyl (C=O) groups is 3. The number of carboxylic acid groups (broad SMARTS) is 1. The summed E-state index contributed by atoms with van der Waals surface area (Å²) in [7, 11) is 0. The lowest BCUT2D eigenvalue weighted by atomic mass is 9.94. The van der Waals surface area contributed by atoms with Gasteiger partial charge in [0.05, 0.1) is 0 Å². The number of carboxylic acids is 1. The molecule has 1 heterocycles. The molecule has 2 amide bonds. The number of aliphatic carboxylic acids is 1. The Morgan fingerprint density at radius 2 is 1.67 bits per heavy atom. The quantitative estimate of drug-likeness (QED) is 0.819. The van der Waals surface area contributed by atoms with Crippen molar-refractivity contribution < 1.29 is 19.5 Å². The van der Waals surface area contributed by atoms with E-state index in [1.807, 2.05) is 18.7 Å². The van der Waals surface area contributed by atoms with Gasteiger partial charge in [0.1, 0.15) is 6.54 Å². The van der Waals surface area contributed by atoms with Gasteiger partial charge < -0.3 is 14.9 Å². The Bertz CT molecular complexity index is 423. The van der Waals surface area contributed by atoms with E-state index in [1.54, 1.807) is 0 Å². The van der Waals surface area contributed by atoms with Crippen molar-refractivity contribution >= 4 is 17.8 Å². The Hall–Kier alpha value is -1.59. The molecule has 0 aromatic rings. The fourth-order valence-electron chi connectivity index (χ4n) is 2.83. The van der Waals surface area contributed by atoms with Crippen LogP contribution in [-0.4, -0.2) is 58.4 Å². The van der Waals surface area contributed by atoms with Crippen LogP contribution in [-0.2, 0) is 14.4 Å². The maximum absolute atomic E-state index is 12.5. The van der Waals surface area contributed by atoms with Crippen LogP contribution < -0.4 is 0 Å². The van der Waals surface area contributed by atoms with E-state index in [1.165, 1.54) is 4.90 Å². The molecule has 118 valence electrons. The van der Waals surface area contributed by atoms with Crippen LogP contribution in [0.25, 0.3) is 0 Å². The summed E-state index contributed by atoms with van der Waals surface area (Å²) in [6, 6.07) is -0.125. The number of amides is 2. The third kappa shape index (κ3) is 3.95. The molecule has 0 aromatic heterocycles. The summed E-state index contributed by atoms with van der Waals surface area (Å²) in [5.41, 5.74) is 0. The Kier molecular flexibility index (Phi) is 4.85. The van der Waals surface area contributed by atoms with Crippen molar-refractivity contribution in [2.75, 3.05) is 19.6 Å². The molecule has 6 heteroatoms. The topological polar surface area (TPSA) is 77.9 Å². The number of hydrogen-bond donors (Lipinski definition) is 1. The minimum absolute atomic E-state index is 0.0917. The molecule has 0 spiro atoms. The summed E-state index contributed by atoms with van der Waals surface area (Å²) in [6.45, 7) is 4.63. The molecule has 6 nitrogen and oxygen atoms in total. The van der Waals surface area contributed by atoms with Crippen LogP contribution in [0.2, 0.25) is 0 Å². The lowest BCUT2D eigenvalue weighted by Gasteiger charge is -2.35. The van der Waals surface area contributed by atoms with Gasteiger partial charge in [0, 0.05) is 31.0 Å². The average Bonchev–Trinajstić information content (AvgIpc) is 3.27. The normalized spacial score (nSPS) is 19.7. The lowest BCUT2D eigenvalue weighted by molar-refractivity contribution is -0.149. The minimum atomic E-state index is -0.988. The van der Waals surface area contributed by atoms with Crippen LogP contribution >= 0.6 is 0 Å². The largest absolute Gasteiger partial charge is 0.480 e. The zero-order chi connectivity index (χ0) is 15.6. The van der Waals surface area contributed by atoms with E-state index in [0.29, 0.717) is 25.9 Å². The molecule has 1 N–H and O–H groups in total. The van der Waals surface area contributed by atoms with Gasteiger partial charge in [0.25, 0.3) is 0 Å². The second-order valence-corrected chi connectivity index (χ2v) is 6.33. The number of nitrogens with zero attached hydrogens (tertiary/aromatic N) is 2. The monoisotopic (exact) mass is 296 g/mol. The summed E-state index contributed by atoms with van der Waals surface area (Å²) in [4.78, 5) is 38.6. The third-order valence-electron chi connectivity index (χ3n) is 4.29. The van der Waals surface area contributed by atoms with Crippen LogP contribution in [0.15, 0.2) is 0 Å². The number of hydrogen-bond acceptors (Lipinski definition) is 3. The first-order chi connectivity index (χ1) is 9.90. The van der Waals surface area contributed by atoms with Gasteiger partial charge in [0.2, 0.25) is 11.8 Å². The Morgan fingerprint density at radius 1 is 1.10 bits per heavy atom. The Labute approximate surface area is 125 Å². The summed E-state index contributed by atoms with van der Waals surface area (Å²) in [5, 5.41) is 8.92. The number of piperidine rings is 1. The minimum Gasteiger partial charge on any atom is -0.480 e.